The largest absolute Gasteiger partial charge is 0.459 e. The Labute approximate surface area is 188 Å². The van der Waals surface area contributed by atoms with E-state index in [2.05, 4.69) is 10.3 Å². The highest BCUT2D eigenvalue weighted by Gasteiger charge is 2.23. The topological polar surface area (TPSA) is 89.3 Å². The minimum atomic E-state index is -3.63. The Morgan fingerprint density at radius 3 is 2.69 bits per heavy atom. The molecule has 6 nitrogen and oxygen atoms in total. The van der Waals surface area contributed by atoms with Gasteiger partial charge in [0, 0.05) is 23.1 Å². The van der Waals surface area contributed by atoms with Gasteiger partial charge >= 0.3 is 0 Å². The zero-order valence-electron chi connectivity index (χ0n) is 17.0. The van der Waals surface area contributed by atoms with Gasteiger partial charge in [0.15, 0.2) is 20.7 Å². The molecule has 0 aliphatic carbocycles. The summed E-state index contributed by atoms with van der Waals surface area (Å²) in [5.41, 5.74) is 1.64. The number of carbonyl (C=O) groups excluding carboxylic acids is 1. The molecule has 164 valence electrons. The number of furan rings is 1. The molecule has 0 aliphatic heterocycles. The standard InChI is InChI=1S/C23H19FN2O4S2/c1-15-7-8-16(12-20(15)24)11-18-13-25-23(31-18)26-22(27)21-17(9-10-30-21)14-32(28,29)19-5-3-2-4-6-19/h2-10,12-13H,11,14H2,1H3,(H,25,26,27). The summed E-state index contributed by atoms with van der Waals surface area (Å²) in [6.07, 6.45) is 3.37. The number of aryl methyl sites for hydroxylation is 1. The molecule has 0 saturated carbocycles. The lowest BCUT2D eigenvalue weighted by atomic mass is 10.1. The Bertz CT molecular complexity index is 1360. The van der Waals surface area contributed by atoms with Crippen LogP contribution in [0.1, 0.15) is 32.1 Å². The highest BCUT2D eigenvalue weighted by Crippen LogP contribution is 2.24. The number of anilines is 1. The first-order valence-corrected chi connectivity index (χ1v) is 12.1. The van der Waals surface area contributed by atoms with E-state index < -0.39 is 15.7 Å². The Balaban J connectivity index is 1.45. The van der Waals surface area contributed by atoms with E-state index in [1.807, 2.05) is 6.07 Å². The monoisotopic (exact) mass is 470 g/mol. The lowest BCUT2D eigenvalue weighted by Gasteiger charge is -2.05. The fourth-order valence-electron chi connectivity index (χ4n) is 3.11. The predicted molar refractivity (Wildman–Crippen MR) is 120 cm³/mol. The number of hydrogen-bond donors (Lipinski definition) is 1. The van der Waals surface area contributed by atoms with Crippen LogP contribution in [-0.4, -0.2) is 19.3 Å². The Kier molecular flexibility index (Phi) is 6.20. The van der Waals surface area contributed by atoms with E-state index in [1.165, 1.54) is 41.9 Å². The van der Waals surface area contributed by atoms with Gasteiger partial charge in [-0.25, -0.2) is 17.8 Å². The molecule has 32 heavy (non-hydrogen) atoms. The molecule has 0 fully saturated rings. The fraction of sp³-hybridized carbons (Fsp3) is 0.130. The number of aromatic nitrogens is 1. The van der Waals surface area contributed by atoms with E-state index in [4.69, 9.17) is 4.42 Å². The van der Waals surface area contributed by atoms with Gasteiger partial charge in [-0.2, -0.15) is 0 Å². The SMILES string of the molecule is Cc1ccc(Cc2cnc(NC(=O)c3occc3CS(=O)(=O)c3ccccc3)s2)cc1F. The third-order valence-corrected chi connectivity index (χ3v) is 7.38. The maximum atomic E-state index is 13.8. The van der Waals surface area contributed by atoms with Gasteiger partial charge in [0.05, 0.1) is 16.9 Å². The summed E-state index contributed by atoms with van der Waals surface area (Å²) in [5.74, 6) is -1.30. The van der Waals surface area contributed by atoms with Crippen LogP contribution in [0.5, 0.6) is 0 Å². The van der Waals surface area contributed by atoms with Crippen molar-refractivity contribution in [3.05, 3.63) is 100 Å². The highest BCUT2D eigenvalue weighted by atomic mass is 32.2. The van der Waals surface area contributed by atoms with Gasteiger partial charge in [0.1, 0.15) is 5.82 Å². The van der Waals surface area contributed by atoms with Crippen molar-refractivity contribution >= 4 is 32.2 Å². The molecule has 0 saturated heterocycles. The van der Waals surface area contributed by atoms with Crippen molar-refractivity contribution in [2.45, 2.75) is 24.0 Å². The smallest absolute Gasteiger partial charge is 0.293 e. The minimum absolute atomic E-state index is 0.0816. The summed E-state index contributed by atoms with van der Waals surface area (Å²) < 4.78 is 44.3. The Hall–Kier alpha value is -3.30. The predicted octanol–water partition coefficient (Wildman–Crippen LogP) is 5.00. The molecule has 0 aliphatic rings. The van der Waals surface area contributed by atoms with E-state index >= 15 is 0 Å². The number of benzene rings is 2. The molecule has 4 aromatic rings. The number of carbonyl (C=O) groups is 1. The Morgan fingerprint density at radius 1 is 1.16 bits per heavy atom. The van der Waals surface area contributed by atoms with Gasteiger partial charge in [0.25, 0.3) is 5.91 Å². The average molecular weight is 471 g/mol. The van der Waals surface area contributed by atoms with E-state index in [1.54, 1.807) is 37.4 Å². The summed E-state index contributed by atoms with van der Waals surface area (Å²) in [4.78, 5) is 17.9. The third kappa shape index (κ3) is 4.95. The first-order chi connectivity index (χ1) is 15.3. The number of hydrogen-bond acceptors (Lipinski definition) is 6. The number of amides is 1. The van der Waals surface area contributed by atoms with Crippen LogP contribution in [0.4, 0.5) is 9.52 Å². The second-order valence-corrected chi connectivity index (χ2v) is 10.3. The average Bonchev–Trinajstić information content (AvgIpc) is 3.40. The van der Waals surface area contributed by atoms with Gasteiger partial charge < -0.3 is 4.42 Å². The molecular formula is C23H19FN2O4S2. The molecule has 0 atom stereocenters. The lowest BCUT2D eigenvalue weighted by Crippen LogP contribution is -2.14. The van der Waals surface area contributed by atoms with Crippen molar-refractivity contribution in [2.24, 2.45) is 0 Å². The second-order valence-electron chi connectivity index (χ2n) is 7.19. The first-order valence-electron chi connectivity index (χ1n) is 9.67. The second kappa shape index (κ2) is 9.05. The van der Waals surface area contributed by atoms with Crippen LogP contribution in [-0.2, 0) is 22.0 Å². The van der Waals surface area contributed by atoms with E-state index in [0.717, 1.165) is 10.4 Å². The molecular weight excluding hydrogens is 451 g/mol. The minimum Gasteiger partial charge on any atom is -0.459 e. The molecule has 0 spiro atoms. The van der Waals surface area contributed by atoms with E-state index in [9.17, 15) is 17.6 Å². The Morgan fingerprint density at radius 2 is 1.94 bits per heavy atom. The zero-order valence-corrected chi connectivity index (χ0v) is 18.7. The van der Waals surface area contributed by atoms with Crippen LogP contribution in [0.15, 0.2) is 76.4 Å². The zero-order chi connectivity index (χ0) is 22.7. The fourth-order valence-corrected chi connectivity index (χ4v) is 5.33. The van der Waals surface area contributed by atoms with Gasteiger partial charge in [0.2, 0.25) is 0 Å². The van der Waals surface area contributed by atoms with Crippen molar-refractivity contribution in [3.8, 4) is 0 Å². The molecule has 0 unspecified atom stereocenters. The molecule has 0 bridgehead atoms. The van der Waals surface area contributed by atoms with E-state index in [0.29, 0.717) is 17.1 Å². The van der Waals surface area contributed by atoms with Crippen molar-refractivity contribution in [1.82, 2.24) is 4.98 Å². The summed E-state index contributed by atoms with van der Waals surface area (Å²) in [6.45, 7) is 1.70. The molecule has 2 aromatic carbocycles. The van der Waals surface area contributed by atoms with Gasteiger partial charge in [-0.1, -0.05) is 30.3 Å². The summed E-state index contributed by atoms with van der Waals surface area (Å²) in [7, 11) is -3.63. The third-order valence-electron chi connectivity index (χ3n) is 4.79. The van der Waals surface area contributed by atoms with E-state index in [-0.39, 0.29) is 27.8 Å². The highest BCUT2D eigenvalue weighted by molar-refractivity contribution is 7.90. The molecule has 2 heterocycles. The molecule has 2 aromatic heterocycles. The number of sulfone groups is 1. The summed E-state index contributed by atoms with van der Waals surface area (Å²) in [5, 5.41) is 2.98. The van der Waals surface area contributed by atoms with Crippen LogP contribution >= 0.6 is 11.3 Å². The number of thiazole rings is 1. The lowest BCUT2D eigenvalue weighted by molar-refractivity contribution is 0.0995. The van der Waals surface area contributed by atoms with Crippen molar-refractivity contribution in [1.29, 1.82) is 0 Å². The van der Waals surface area contributed by atoms with Crippen molar-refractivity contribution in [3.63, 3.8) is 0 Å². The number of nitrogens with one attached hydrogen (secondary N) is 1. The van der Waals surface area contributed by atoms with Crippen LogP contribution in [0.3, 0.4) is 0 Å². The number of halogens is 1. The van der Waals surface area contributed by atoms with Gasteiger partial charge in [-0.3, -0.25) is 10.1 Å². The maximum Gasteiger partial charge on any atom is 0.293 e. The molecule has 9 heteroatoms. The van der Waals surface area contributed by atoms with Crippen LogP contribution in [0.25, 0.3) is 0 Å². The number of rotatable bonds is 7. The van der Waals surface area contributed by atoms with Crippen molar-refractivity contribution in [2.75, 3.05) is 5.32 Å². The van der Waals surface area contributed by atoms with Gasteiger partial charge in [-0.05, 0) is 42.3 Å². The van der Waals surface area contributed by atoms with Crippen LogP contribution in [0.2, 0.25) is 0 Å². The quantitative estimate of drug-likeness (QED) is 0.411. The van der Waals surface area contributed by atoms with Gasteiger partial charge in [-0.15, -0.1) is 11.3 Å². The number of nitrogens with zero attached hydrogens (tertiary/aromatic N) is 1. The maximum absolute atomic E-state index is 13.8. The molecule has 1 N–H and O–H groups in total. The normalized spacial score (nSPS) is 11.4. The summed E-state index contributed by atoms with van der Waals surface area (Å²) in [6, 6.07) is 14.5. The van der Waals surface area contributed by atoms with Crippen molar-refractivity contribution < 1.29 is 22.0 Å². The molecule has 1 amide bonds. The van der Waals surface area contributed by atoms with Crippen LogP contribution < -0.4 is 5.32 Å². The summed E-state index contributed by atoms with van der Waals surface area (Å²) >= 11 is 1.25. The molecule has 0 radical (unpaired) electrons. The molecule has 4 rings (SSSR count). The van der Waals surface area contributed by atoms with Crippen LogP contribution in [0, 0.1) is 12.7 Å². The first kappa shape index (κ1) is 21.9.